The van der Waals surface area contributed by atoms with Crippen molar-refractivity contribution >= 4 is 33.7 Å². The van der Waals surface area contributed by atoms with Gasteiger partial charge in [0.2, 0.25) is 0 Å². The number of fused-ring (bicyclic) bond motifs is 3. The molecule has 14 heavy (non-hydrogen) atoms. The molecule has 0 N–H and O–H groups in total. The maximum Gasteiger partial charge on any atom is 0.311 e. The number of nitrogens with zero attached hydrogens (tertiary/aromatic N) is 1. The Morgan fingerprint density at radius 1 is 1.14 bits per heavy atom. The molecular formula is C10H5NO2S. The molecule has 1 aromatic carbocycles. The van der Waals surface area contributed by atoms with Gasteiger partial charge in [-0.05, 0) is 23.9 Å². The van der Waals surface area contributed by atoms with Gasteiger partial charge in [0.15, 0.2) is 0 Å². The van der Waals surface area contributed by atoms with E-state index in [0.717, 1.165) is 27.7 Å². The second-order valence-electron chi connectivity index (χ2n) is 3.07. The zero-order valence-corrected chi connectivity index (χ0v) is 7.88. The number of aromatic nitrogens is 1. The van der Waals surface area contributed by atoms with Crippen molar-refractivity contribution in [2.45, 2.75) is 5.03 Å². The first-order valence-electron chi connectivity index (χ1n) is 4.14. The van der Waals surface area contributed by atoms with Crippen LogP contribution < -0.4 is 0 Å². The number of benzene rings is 1. The number of carbonyl (C=O) groups excluding carboxylic acids is 2. The topological polar surface area (TPSA) is 39.1 Å². The average Bonchev–Trinajstić information content (AvgIpc) is 2.65. The van der Waals surface area contributed by atoms with Crippen LogP contribution in [-0.2, 0) is 4.79 Å². The molecule has 2 heterocycles. The fraction of sp³-hybridized carbons (Fsp3) is 0. The van der Waals surface area contributed by atoms with Crippen molar-refractivity contribution < 1.29 is 9.59 Å². The molecule has 0 spiro atoms. The van der Waals surface area contributed by atoms with Crippen LogP contribution in [0.5, 0.6) is 0 Å². The Kier molecular flexibility index (Phi) is 1.39. The Bertz CT molecular complexity index is 571. The molecule has 0 saturated heterocycles. The summed E-state index contributed by atoms with van der Waals surface area (Å²) >= 11 is 0.999. The van der Waals surface area contributed by atoms with Crippen molar-refractivity contribution in [1.82, 2.24) is 4.57 Å². The lowest BCUT2D eigenvalue weighted by Crippen LogP contribution is -2.11. The highest BCUT2D eigenvalue weighted by Gasteiger charge is 2.30. The SMILES string of the molecule is O=C1Sc2cc3ccccc3n2C1=O. The van der Waals surface area contributed by atoms with Crippen molar-refractivity contribution in [3.63, 3.8) is 0 Å². The molecular weight excluding hydrogens is 198 g/mol. The molecule has 0 fully saturated rings. The number of rotatable bonds is 0. The van der Waals surface area contributed by atoms with Gasteiger partial charge in [-0.25, -0.2) is 0 Å². The van der Waals surface area contributed by atoms with E-state index in [0.29, 0.717) is 0 Å². The smallest absolute Gasteiger partial charge is 0.276 e. The molecule has 0 unspecified atom stereocenters. The maximum absolute atomic E-state index is 11.5. The number of thioether (sulfide) groups is 1. The van der Waals surface area contributed by atoms with Gasteiger partial charge < -0.3 is 0 Å². The molecule has 0 amide bonds. The highest BCUT2D eigenvalue weighted by molar-refractivity contribution is 8.16. The van der Waals surface area contributed by atoms with Gasteiger partial charge in [0, 0.05) is 5.39 Å². The van der Waals surface area contributed by atoms with Crippen LogP contribution in [0.15, 0.2) is 35.4 Å². The molecule has 68 valence electrons. The normalized spacial score (nSPS) is 15.1. The van der Waals surface area contributed by atoms with E-state index in [2.05, 4.69) is 0 Å². The third-order valence-electron chi connectivity index (χ3n) is 2.25. The molecule has 2 aromatic rings. The van der Waals surface area contributed by atoms with Crippen LogP contribution in [0.1, 0.15) is 4.79 Å². The molecule has 0 atom stereocenters. The second-order valence-corrected chi connectivity index (χ2v) is 4.06. The first kappa shape index (κ1) is 7.82. The van der Waals surface area contributed by atoms with E-state index in [9.17, 15) is 9.59 Å². The van der Waals surface area contributed by atoms with Gasteiger partial charge in [-0.3, -0.25) is 14.2 Å². The summed E-state index contributed by atoms with van der Waals surface area (Å²) < 4.78 is 1.47. The van der Waals surface area contributed by atoms with E-state index in [4.69, 9.17) is 0 Å². The van der Waals surface area contributed by atoms with Gasteiger partial charge >= 0.3 is 5.91 Å². The fourth-order valence-corrected chi connectivity index (χ4v) is 2.47. The zero-order valence-electron chi connectivity index (χ0n) is 7.06. The van der Waals surface area contributed by atoms with Gasteiger partial charge in [0.25, 0.3) is 5.12 Å². The average molecular weight is 203 g/mol. The van der Waals surface area contributed by atoms with E-state index in [1.807, 2.05) is 30.3 Å². The van der Waals surface area contributed by atoms with Gasteiger partial charge in [0.05, 0.1) is 10.5 Å². The third kappa shape index (κ3) is 0.834. The lowest BCUT2D eigenvalue weighted by Gasteiger charge is -1.94. The molecule has 0 radical (unpaired) electrons. The summed E-state index contributed by atoms with van der Waals surface area (Å²) in [7, 11) is 0. The Hall–Kier alpha value is -1.55. The van der Waals surface area contributed by atoms with Crippen LogP contribution in [0.25, 0.3) is 10.9 Å². The Labute approximate surface area is 83.7 Å². The summed E-state index contributed by atoms with van der Waals surface area (Å²) in [4.78, 5) is 22.6. The van der Waals surface area contributed by atoms with E-state index < -0.39 is 11.0 Å². The summed E-state index contributed by atoms with van der Waals surface area (Å²) in [6.07, 6.45) is 0. The zero-order chi connectivity index (χ0) is 9.71. The van der Waals surface area contributed by atoms with Gasteiger partial charge in [-0.15, -0.1) is 0 Å². The minimum absolute atomic E-state index is 0.397. The van der Waals surface area contributed by atoms with Crippen LogP contribution in [0.2, 0.25) is 0 Å². The molecule has 0 aliphatic carbocycles. The van der Waals surface area contributed by atoms with Crippen molar-refractivity contribution in [2.24, 2.45) is 0 Å². The van der Waals surface area contributed by atoms with E-state index >= 15 is 0 Å². The highest BCUT2D eigenvalue weighted by atomic mass is 32.2. The van der Waals surface area contributed by atoms with Crippen LogP contribution in [0.4, 0.5) is 0 Å². The van der Waals surface area contributed by atoms with Crippen molar-refractivity contribution in [1.29, 1.82) is 0 Å². The lowest BCUT2D eigenvalue weighted by molar-refractivity contribution is -0.107. The fourth-order valence-electron chi connectivity index (χ4n) is 1.64. The maximum atomic E-state index is 11.5. The number of hydrogen-bond acceptors (Lipinski definition) is 3. The highest BCUT2D eigenvalue weighted by Crippen LogP contribution is 2.33. The molecule has 4 heteroatoms. The second kappa shape index (κ2) is 2.48. The Morgan fingerprint density at radius 2 is 1.93 bits per heavy atom. The minimum atomic E-state index is -0.439. The lowest BCUT2D eigenvalue weighted by atomic mass is 10.2. The summed E-state index contributed by atoms with van der Waals surface area (Å²) in [5, 5.41) is 1.32. The number of hydrogen-bond donors (Lipinski definition) is 0. The van der Waals surface area contributed by atoms with E-state index in [-0.39, 0.29) is 0 Å². The summed E-state index contributed by atoms with van der Waals surface area (Å²) in [5.41, 5.74) is 0.811. The first-order chi connectivity index (χ1) is 6.77. The summed E-state index contributed by atoms with van der Waals surface area (Å²) in [6, 6.07) is 9.41. The van der Waals surface area contributed by atoms with E-state index in [1.165, 1.54) is 4.57 Å². The molecule has 1 aliphatic heterocycles. The molecule has 3 nitrogen and oxygen atoms in total. The van der Waals surface area contributed by atoms with Crippen molar-refractivity contribution in [3.05, 3.63) is 30.3 Å². The Balaban J connectivity index is 2.43. The largest absolute Gasteiger partial charge is 0.311 e. The van der Waals surface area contributed by atoms with Crippen LogP contribution in [0.3, 0.4) is 0 Å². The standard InChI is InChI=1S/C10H5NO2S/c12-9-10(13)14-8-5-6-3-1-2-4-7(6)11(8)9/h1-5H. The summed E-state index contributed by atoms with van der Waals surface area (Å²) in [5.74, 6) is -0.439. The monoisotopic (exact) mass is 203 g/mol. The van der Waals surface area contributed by atoms with Crippen LogP contribution in [0, 0.1) is 0 Å². The van der Waals surface area contributed by atoms with E-state index in [1.54, 1.807) is 0 Å². The van der Waals surface area contributed by atoms with Gasteiger partial charge in [0.1, 0.15) is 0 Å². The van der Waals surface area contributed by atoms with Crippen molar-refractivity contribution in [3.8, 4) is 0 Å². The first-order valence-corrected chi connectivity index (χ1v) is 4.96. The quantitative estimate of drug-likeness (QED) is 0.614. The molecule has 1 aliphatic rings. The van der Waals surface area contributed by atoms with Crippen LogP contribution in [-0.4, -0.2) is 15.6 Å². The predicted octanol–water partition coefficient (Wildman–Crippen LogP) is 1.91. The molecule has 1 aromatic heterocycles. The number of para-hydroxylation sites is 1. The number of carbonyl (C=O) groups is 2. The van der Waals surface area contributed by atoms with Gasteiger partial charge in [-0.2, -0.15) is 0 Å². The van der Waals surface area contributed by atoms with Gasteiger partial charge in [-0.1, -0.05) is 18.2 Å². The Morgan fingerprint density at radius 3 is 2.79 bits per heavy atom. The predicted molar refractivity (Wildman–Crippen MR) is 53.4 cm³/mol. The van der Waals surface area contributed by atoms with Crippen LogP contribution >= 0.6 is 11.8 Å². The minimum Gasteiger partial charge on any atom is -0.276 e. The molecule has 0 saturated carbocycles. The molecule has 3 rings (SSSR count). The summed E-state index contributed by atoms with van der Waals surface area (Å²) in [6.45, 7) is 0. The molecule has 0 bridgehead atoms. The third-order valence-corrected chi connectivity index (χ3v) is 3.12. The van der Waals surface area contributed by atoms with Crippen molar-refractivity contribution in [2.75, 3.05) is 0 Å².